The summed E-state index contributed by atoms with van der Waals surface area (Å²) in [4.78, 5) is 11.4. The van der Waals surface area contributed by atoms with E-state index in [2.05, 4.69) is 0 Å². The van der Waals surface area contributed by atoms with Crippen molar-refractivity contribution in [2.75, 3.05) is 45.9 Å². The molecule has 1 saturated heterocycles. The third kappa shape index (κ3) is 8.05. The summed E-state index contributed by atoms with van der Waals surface area (Å²) < 4.78 is 20.9. The van der Waals surface area contributed by atoms with Crippen LogP contribution in [-0.2, 0) is 23.7 Å². The van der Waals surface area contributed by atoms with E-state index in [1.807, 2.05) is 0 Å². The van der Waals surface area contributed by atoms with Crippen LogP contribution in [0.4, 0.5) is 0 Å². The van der Waals surface area contributed by atoms with Crippen molar-refractivity contribution in [3.8, 4) is 0 Å². The fraction of sp³-hybridized carbons (Fsp3) is 0.917. The van der Waals surface area contributed by atoms with Gasteiger partial charge in [-0.1, -0.05) is 11.8 Å². The summed E-state index contributed by atoms with van der Waals surface area (Å²) in [5.74, 6) is 0.645. The lowest BCUT2D eigenvalue weighted by molar-refractivity contribution is -0.158. The van der Waals surface area contributed by atoms with E-state index in [-0.39, 0.29) is 18.0 Å². The van der Waals surface area contributed by atoms with Gasteiger partial charge in [-0.3, -0.25) is 4.79 Å². The summed E-state index contributed by atoms with van der Waals surface area (Å²) in [6, 6.07) is 0. The molecular weight excluding hydrogens is 256 g/mol. The van der Waals surface area contributed by atoms with Crippen LogP contribution in [0.3, 0.4) is 0 Å². The van der Waals surface area contributed by atoms with Crippen LogP contribution in [0.25, 0.3) is 0 Å². The number of hydrogen-bond acceptors (Lipinski definition) is 6. The van der Waals surface area contributed by atoms with Gasteiger partial charge in [0.05, 0.1) is 19.8 Å². The number of ether oxygens (including phenoxy) is 4. The zero-order chi connectivity index (χ0) is 13.1. The lowest BCUT2D eigenvalue weighted by Gasteiger charge is -2.22. The molecule has 0 radical (unpaired) electrons. The van der Waals surface area contributed by atoms with Crippen LogP contribution in [0.5, 0.6) is 0 Å². The van der Waals surface area contributed by atoms with E-state index in [9.17, 15) is 4.79 Å². The van der Waals surface area contributed by atoms with Gasteiger partial charge in [0.1, 0.15) is 6.61 Å². The molecular formula is C12H22O5S. The molecule has 0 aromatic rings. The van der Waals surface area contributed by atoms with Gasteiger partial charge >= 0.3 is 0 Å². The minimum atomic E-state index is -0.0765. The predicted octanol–water partition coefficient (Wildman–Crippen LogP) is 1.45. The number of methoxy groups -OCH3 is 1. The molecule has 0 amide bonds. The van der Waals surface area contributed by atoms with E-state index in [4.69, 9.17) is 18.9 Å². The molecule has 1 aliphatic heterocycles. The van der Waals surface area contributed by atoms with Gasteiger partial charge in [0, 0.05) is 19.5 Å². The molecule has 1 atom stereocenters. The average Bonchev–Trinajstić information content (AvgIpc) is 2.41. The first-order valence-corrected chi connectivity index (χ1v) is 7.27. The van der Waals surface area contributed by atoms with E-state index in [1.165, 1.54) is 11.8 Å². The molecule has 1 heterocycles. The molecule has 0 spiro atoms. The SMILES string of the molecule is COCCOCC(=O)SCCOC1CCCCO1. The first-order chi connectivity index (χ1) is 8.83. The van der Waals surface area contributed by atoms with Crippen molar-refractivity contribution in [1.82, 2.24) is 0 Å². The fourth-order valence-electron chi connectivity index (χ4n) is 1.52. The Labute approximate surface area is 112 Å². The summed E-state index contributed by atoms with van der Waals surface area (Å²) in [6.45, 7) is 2.42. The highest BCUT2D eigenvalue weighted by molar-refractivity contribution is 8.13. The van der Waals surface area contributed by atoms with Crippen LogP contribution in [-0.4, -0.2) is 57.3 Å². The van der Waals surface area contributed by atoms with Gasteiger partial charge in [-0.2, -0.15) is 0 Å². The Morgan fingerprint density at radius 1 is 1.33 bits per heavy atom. The molecule has 0 N–H and O–H groups in total. The van der Waals surface area contributed by atoms with Crippen LogP contribution >= 0.6 is 11.8 Å². The van der Waals surface area contributed by atoms with E-state index in [1.54, 1.807) is 7.11 Å². The third-order valence-corrected chi connectivity index (χ3v) is 3.25. The monoisotopic (exact) mass is 278 g/mol. The number of carbonyl (C=O) groups excluding carboxylic acids is 1. The molecule has 0 saturated carbocycles. The Morgan fingerprint density at radius 2 is 2.22 bits per heavy atom. The zero-order valence-corrected chi connectivity index (χ0v) is 11.7. The van der Waals surface area contributed by atoms with Crippen molar-refractivity contribution in [2.24, 2.45) is 0 Å². The maximum atomic E-state index is 11.4. The number of rotatable bonds is 9. The van der Waals surface area contributed by atoms with Crippen molar-refractivity contribution in [2.45, 2.75) is 25.6 Å². The summed E-state index contributed by atoms with van der Waals surface area (Å²) >= 11 is 1.24. The van der Waals surface area contributed by atoms with Crippen molar-refractivity contribution >= 4 is 16.9 Å². The normalized spacial score (nSPS) is 19.9. The van der Waals surface area contributed by atoms with Crippen molar-refractivity contribution in [1.29, 1.82) is 0 Å². The lowest BCUT2D eigenvalue weighted by atomic mass is 10.2. The van der Waals surface area contributed by atoms with Crippen LogP contribution in [0.2, 0.25) is 0 Å². The Balaban J connectivity index is 1.88. The fourth-order valence-corrected chi connectivity index (χ4v) is 2.09. The van der Waals surface area contributed by atoms with Gasteiger partial charge < -0.3 is 18.9 Å². The molecule has 0 aromatic carbocycles. The molecule has 0 aromatic heterocycles. The molecule has 0 bridgehead atoms. The summed E-state index contributed by atoms with van der Waals surface area (Å²) in [5.41, 5.74) is 0. The minimum Gasteiger partial charge on any atom is -0.382 e. The van der Waals surface area contributed by atoms with Gasteiger partial charge in [-0.15, -0.1) is 0 Å². The Hall–Kier alpha value is -0.140. The largest absolute Gasteiger partial charge is 0.382 e. The van der Waals surface area contributed by atoms with Crippen LogP contribution in [0.1, 0.15) is 19.3 Å². The molecule has 1 aliphatic rings. The summed E-state index contributed by atoms with van der Waals surface area (Å²) in [5, 5.41) is 0.0271. The quantitative estimate of drug-likeness (QED) is 0.595. The second-order valence-corrected chi connectivity index (χ2v) is 5.09. The second kappa shape index (κ2) is 10.8. The van der Waals surface area contributed by atoms with E-state index < -0.39 is 0 Å². The number of hydrogen-bond donors (Lipinski definition) is 0. The van der Waals surface area contributed by atoms with Gasteiger partial charge in [0.15, 0.2) is 6.29 Å². The van der Waals surface area contributed by atoms with Crippen LogP contribution in [0, 0.1) is 0 Å². The van der Waals surface area contributed by atoms with Crippen molar-refractivity contribution < 1.29 is 23.7 Å². The molecule has 18 heavy (non-hydrogen) atoms. The van der Waals surface area contributed by atoms with Gasteiger partial charge in [0.2, 0.25) is 5.12 Å². The third-order valence-electron chi connectivity index (χ3n) is 2.44. The van der Waals surface area contributed by atoms with E-state index in [0.29, 0.717) is 25.6 Å². The van der Waals surface area contributed by atoms with Gasteiger partial charge in [-0.05, 0) is 19.3 Å². The average molecular weight is 278 g/mol. The topological polar surface area (TPSA) is 54.0 Å². The molecule has 1 rings (SSSR count). The standard InChI is InChI=1S/C12H22O5S/c1-14-6-7-15-10-11(13)18-9-8-17-12-4-2-3-5-16-12/h12H,2-10H2,1H3. The molecule has 0 aliphatic carbocycles. The van der Waals surface area contributed by atoms with Crippen molar-refractivity contribution in [3.05, 3.63) is 0 Å². The second-order valence-electron chi connectivity index (χ2n) is 3.93. The Bertz CT molecular complexity index is 219. The molecule has 1 unspecified atom stereocenters. The maximum absolute atomic E-state index is 11.4. The highest BCUT2D eigenvalue weighted by atomic mass is 32.2. The Morgan fingerprint density at radius 3 is 2.94 bits per heavy atom. The Kier molecular flexibility index (Phi) is 9.51. The van der Waals surface area contributed by atoms with Crippen molar-refractivity contribution in [3.63, 3.8) is 0 Å². The predicted molar refractivity (Wildman–Crippen MR) is 69.7 cm³/mol. The zero-order valence-electron chi connectivity index (χ0n) is 10.9. The molecule has 106 valence electrons. The lowest BCUT2D eigenvalue weighted by Crippen LogP contribution is -2.23. The summed E-state index contributed by atoms with van der Waals surface area (Å²) in [6.07, 6.45) is 3.15. The number of carbonyl (C=O) groups is 1. The van der Waals surface area contributed by atoms with Crippen LogP contribution < -0.4 is 0 Å². The number of thioether (sulfide) groups is 1. The van der Waals surface area contributed by atoms with E-state index >= 15 is 0 Å². The molecule has 5 nitrogen and oxygen atoms in total. The first-order valence-electron chi connectivity index (χ1n) is 6.28. The first kappa shape index (κ1) is 15.9. The highest BCUT2D eigenvalue weighted by Crippen LogP contribution is 2.14. The smallest absolute Gasteiger partial charge is 0.214 e. The minimum absolute atomic E-state index is 0.0271. The highest BCUT2D eigenvalue weighted by Gasteiger charge is 2.13. The maximum Gasteiger partial charge on any atom is 0.214 e. The summed E-state index contributed by atoms with van der Waals surface area (Å²) in [7, 11) is 1.60. The molecule has 1 fully saturated rings. The van der Waals surface area contributed by atoms with Gasteiger partial charge in [0.25, 0.3) is 0 Å². The molecule has 6 heteroatoms. The van der Waals surface area contributed by atoms with Gasteiger partial charge in [-0.25, -0.2) is 0 Å². The van der Waals surface area contributed by atoms with E-state index in [0.717, 1.165) is 25.9 Å². The van der Waals surface area contributed by atoms with Crippen LogP contribution in [0.15, 0.2) is 0 Å².